The van der Waals surface area contributed by atoms with E-state index in [1.165, 1.54) is 30.7 Å². The Hall–Kier alpha value is -3.94. The highest BCUT2D eigenvalue weighted by molar-refractivity contribution is 6.07. The number of piperidine rings is 1. The van der Waals surface area contributed by atoms with E-state index in [1.807, 2.05) is 40.8 Å². The molecule has 3 aliphatic rings. The van der Waals surface area contributed by atoms with Crippen LogP contribution in [0.25, 0.3) is 0 Å². The van der Waals surface area contributed by atoms with E-state index in [0.29, 0.717) is 35.8 Å². The van der Waals surface area contributed by atoms with E-state index in [4.69, 9.17) is 0 Å². The predicted octanol–water partition coefficient (Wildman–Crippen LogP) is 5.27. The Morgan fingerprint density at radius 1 is 0.925 bits per heavy atom. The number of nitrogens with one attached hydrogen (secondary N) is 1. The molecule has 2 aliphatic heterocycles. The van der Waals surface area contributed by atoms with Gasteiger partial charge in [0.15, 0.2) is 0 Å². The molecule has 3 heterocycles. The summed E-state index contributed by atoms with van der Waals surface area (Å²) in [7, 11) is 1.87. The number of anilines is 2. The number of carbonyl (C=O) groups is 2. The number of aromatic nitrogens is 1. The Morgan fingerprint density at radius 2 is 1.68 bits per heavy atom. The van der Waals surface area contributed by atoms with Crippen LogP contribution in [0.2, 0.25) is 0 Å². The molecule has 1 aromatic heterocycles. The summed E-state index contributed by atoms with van der Waals surface area (Å²) in [6, 6.07) is 16.7. The van der Waals surface area contributed by atoms with Crippen LogP contribution in [-0.2, 0) is 6.54 Å². The maximum atomic E-state index is 13.5. The van der Waals surface area contributed by atoms with Crippen LogP contribution in [0.3, 0.4) is 0 Å². The van der Waals surface area contributed by atoms with Crippen LogP contribution in [0.5, 0.6) is 0 Å². The number of pyridine rings is 1. The lowest BCUT2D eigenvalue weighted by molar-refractivity contribution is 0.0696. The molecule has 1 aliphatic carbocycles. The summed E-state index contributed by atoms with van der Waals surface area (Å²) in [4.78, 5) is 43.4. The van der Waals surface area contributed by atoms with Crippen molar-refractivity contribution in [2.24, 2.45) is 5.92 Å². The largest absolute Gasteiger partial charge is 0.369 e. The highest BCUT2D eigenvalue weighted by Crippen LogP contribution is 2.39. The number of benzene rings is 2. The Balaban J connectivity index is 1.32. The average molecular weight is 543 g/mol. The molecule has 1 saturated heterocycles. The molecule has 6 rings (SSSR count). The van der Waals surface area contributed by atoms with E-state index in [1.54, 1.807) is 12.1 Å². The zero-order valence-corrected chi connectivity index (χ0v) is 22.8. The van der Waals surface area contributed by atoms with E-state index >= 15 is 0 Å². The van der Waals surface area contributed by atoms with Crippen molar-refractivity contribution in [3.05, 3.63) is 93.7 Å². The number of nitrogens with zero attached hydrogens (tertiary/aromatic N) is 3. The normalized spacial score (nSPS) is 20.5. The third-order valence-electron chi connectivity index (χ3n) is 8.86. The predicted molar refractivity (Wildman–Crippen MR) is 154 cm³/mol. The van der Waals surface area contributed by atoms with Crippen molar-refractivity contribution >= 4 is 23.2 Å². The third kappa shape index (κ3) is 5.15. The number of carbonyl (C=O) groups excluding carboxylic acids is 2. The fourth-order valence-electron chi connectivity index (χ4n) is 6.77. The molecule has 3 aromatic rings. The minimum atomic E-state index is -0.408. The van der Waals surface area contributed by atoms with E-state index in [9.17, 15) is 18.8 Å². The number of halogens is 1. The Bertz CT molecular complexity index is 1480. The molecule has 2 aromatic carbocycles. The van der Waals surface area contributed by atoms with Gasteiger partial charge < -0.3 is 19.7 Å². The first kappa shape index (κ1) is 26.3. The van der Waals surface area contributed by atoms with Crippen LogP contribution in [0, 0.1) is 11.7 Å². The minimum Gasteiger partial charge on any atom is -0.369 e. The van der Waals surface area contributed by atoms with Gasteiger partial charge >= 0.3 is 0 Å². The topological polar surface area (TPSA) is 74.7 Å². The van der Waals surface area contributed by atoms with E-state index in [0.717, 1.165) is 50.0 Å². The number of hydrogen-bond donors (Lipinski definition) is 1. The van der Waals surface area contributed by atoms with Gasteiger partial charge in [0, 0.05) is 61.5 Å². The summed E-state index contributed by atoms with van der Waals surface area (Å²) >= 11 is 0. The van der Waals surface area contributed by atoms with Crippen LogP contribution in [0.1, 0.15) is 70.9 Å². The molecule has 0 spiro atoms. The molecular weight excluding hydrogens is 507 g/mol. The van der Waals surface area contributed by atoms with Gasteiger partial charge in [0.25, 0.3) is 17.4 Å². The number of hydrogen-bond acceptors (Lipinski definition) is 4. The summed E-state index contributed by atoms with van der Waals surface area (Å²) < 4.78 is 15.4. The summed E-state index contributed by atoms with van der Waals surface area (Å²) in [6.07, 6.45) is 6.51. The fourth-order valence-corrected chi connectivity index (χ4v) is 6.77. The van der Waals surface area contributed by atoms with Gasteiger partial charge in [-0.1, -0.05) is 25.3 Å². The highest BCUT2D eigenvalue weighted by Gasteiger charge is 2.35. The van der Waals surface area contributed by atoms with Crippen LogP contribution in [0.15, 0.2) is 65.5 Å². The van der Waals surface area contributed by atoms with Crippen molar-refractivity contribution in [1.82, 2.24) is 9.47 Å². The van der Waals surface area contributed by atoms with Gasteiger partial charge in [-0.25, -0.2) is 4.39 Å². The van der Waals surface area contributed by atoms with Crippen molar-refractivity contribution < 1.29 is 14.0 Å². The third-order valence-corrected chi connectivity index (χ3v) is 8.86. The second-order valence-corrected chi connectivity index (χ2v) is 11.5. The van der Waals surface area contributed by atoms with E-state index in [-0.39, 0.29) is 29.3 Å². The number of rotatable bonds is 5. The minimum absolute atomic E-state index is 0.0397. The molecule has 2 fully saturated rings. The average Bonchev–Trinajstić information content (AvgIpc) is 2.97. The van der Waals surface area contributed by atoms with Crippen molar-refractivity contribution in [2.45, 2.75) is 57.0 Å². The molecule has 2 atom stereocenters. The van der Waals surface area contributed by atoms with Crippen molar-refractivity contribution in [2.75, 3.05) is 30.4 Å². The summed E-state index contributed by atoms with van der Waals surface area (Å²) in [6.45, 7) is 2.11. The van der Waals surface area contributed by atoms with Crippen LogP contribution < -0.4 is 15.8 Å². The second-order valence-electron chi connectivity index (χ2n) is 11.5. The molecule has 1 N–H and O–H groups in total. The van der Waals surface area contributed by atoms with Gasteiger partial charge in [-0.2, -0.15) is 0 Å². The monoisotopic (exact) mass is 542 g/mol. The molecule has 7 nitrogen and oxygen atoms in total. The van der Waals surface area contributed by atoms with Gasteiger partial charge in [0.1, 0.15) is 5.82 Å². The first-order valence-corrected chi connectivity index (χ1v) is 14.3. The summed E-state index contributed by atoms with van der Waals surface area (Å²) in [5.41, 5.74) is 3.35. The zero-order chi connectivity index (χ0) is 27.8. The molecule has 2 bridgehead atoms. The Kier molecular flexibility index (Phi) is 7.17. The maximum Gasteiger partial charge on any atom is 0.255 e. The lowest BCUT2D eigenvalue weighted by Crippen LogP contribution is -2.47. The first-order chi connectivity index (χ1) is 19.4. The molecule has 0 radical (unpaired) electrons. The van der Waals surface area contributed by atoms with E-state index < -0.39 is 5.82 Å². The van der Waals surface area contributed by atoms with Crippen LogP contribution in [0.4, 0.5) is 15.8 Å². The lowest BCUT2D eigenvalue weighted by Gasteiger charge is -2.44. The second kappa shape index (κ2) is 10.9. The van der Waals surface area contributed by atoms with Gasteiger partial charge in [-0.05, 0) is 73.7 Å². The summed E-state index contributed by atoms with van der Waals surface area (Å²) in [5, 5.41) is 3.02. The highest BCUT2D eigenvalue weighted by atomic mass is 19.1. The summed E-state index contributed by atoms with van der Waals surface area (Å²) in [5.74, 6) is -0.332. The van der Waals surface area contributed by atoms with Crippen molar-refractivity contribution in [3.63, 3.8) is 0 Å². The molecule has 2 unspecified atom stereocenters. The molecular formula is C32H35FN4O3. The lowest BCUT2D eigenvalue weighted by atomic mass is 9.83. The molecule has 40 heavy (non-hydrogen) atoms. The van der Waals surface area contributed by atoms with Crippen molar-refractivity contribution in [1.29, 1.82) is 0 Å². The fraction of sp³-hybridized carbons (Fsp3) is 0.406. The molecule has 8 heteroatoms. The molecule has 2 amide bonds. The van der Waals surface area contributed by atoms with E-state index in [2.05, 4.69) is 10.2 Å². The Labute approximate surface area is 233 Å². The Morgan fingerprint density at radius 3 is 2.45 bits per heavy atom. The van der Waals surface area contributed by atoms with Gasteiger partial charge in [-0.15, -0.1) is 0 Å². The SMILES string of the molecule is CN(C(=O)c1ccc(N2CC3CC(C2)c2cccc(=O)n2C3)c(NC(=O)c2ccc(F)cc2)c1)C1CCCCC1. The number of amides is 2. The van der Waals surface area contributed by atoms with Crippen LogP contribution >= 0.6 is 0 Å². The smallest absolute Gasteiger partial charge is 0.255 e. The quantitative estimate of drug-likeness (QED) is 0.477. The molecule has 208 valence electrons. The van der Waals surface area contributed by atoms with Gasteiger partial charge in [0.05, 0.1) is 11.4 Å². The standard InChI is InChI=1S/C32H35FN4O3/c1-35(26-6-3-2-4-7-26)32(40)23-12-15-29(27(17-23)34-31(39)22-10-13-25(33)14-11-22)36-18-21-16-24(20-36)28-8-5-9-30(38)37(28)19-21/h5,8-15,17,21,24,26H,2-4,6-7,16,18-20H2,1H3,(H,34,39). The molecule has 1 saturated carbocycles. The zero-order valence-electron chi connectivity index (χ0n) is 22.8. The number of fused-ring (bicyclic) bond motifs is 4. The van der Waals surface area contributed by atoms with Gasteiger partial charge in [-0.3, -0.25) is 14.4 Å². The van der Waals surface area contributed by atoms with Crippen LogP contribution in [-0.4, -0.2) is 47.5 Å². The maximum absolute atomic E-state index is 13.5. The van der Waals surface area contributed by atoms with Crippen molar-refractivity contribution in [3.8, 4) is 0 Å². The van der Waals surface area contributed by atoms with Gasteiger partial charge in [0.2, 0.25) is 0 Å². The first-order valence-electron chi connectivity index (χ1n) is 14.3.